The lowest BCUT2D eigenvalue weighted by atomic mass is 10.2. The van der Waals surface area contributed by atoms with Crippen molar-refractivity contribution in [2.24, 2.45) is 0 Å². The number of unbranched alkanes of at least 4 members (excludes halogenated alkanes) is 2. The van der Waals surface area contributed by atoms with Crippen LogP contribution >= 0.6 is 0 Å². The fourth-order valence-electron chi connectivity index (χ4n) is 1.49. The molecule has 0 aliphatic carbocycles. The van der Waals surface area contributed by atoms with Gasteiger partial charge in [0.25, 0.3) is 0 Å². The molecule has 5 heteroatoms. The Morgan fingerprint density at radius 3 is 2.24 bits per heavy atom. The third-order valence-electron chi connectivity index (χ3n) is 2.52. The maximum absolute atomic E-state index is 13.6. The molecule has 0 fully saturated rings. The van der Waals surface area contributed by atoms with Gasteiger partial charge in [-0.1, -0.05) is 38.0 Å². The van der Waals surface area contributed by atoms with Gasteiger partial charge in [-0.2, -0.15) is 8.78 Å². The summed E-state index contributed by atoms with van der Waals surface area (Å²) in [5, 5.41) is -3.68. The number of hydrogen-bond acceptors (Lipinski definition) is 2. The first-order valence-electron chi connectivity index (χ1n) is 5.59. The fourth-order valence-corrected chi connectivity index (χ4v) is 2.76. The Bertz CT molecular complexity index is 441. The lowest BCUT2D eigenvalue weighted by Crippen LogP contribution is -2.28. The first-order chi connectivity index (χ1) is 7.92. The van der Waals surface area contributed by atoms with Crippen LogP contribution in [0.2, 0.25) is 0 Å². The van der Waals surface area contributed by atoms with Crippen molar-refractivity contribution < 1.29 is 17.2 Å². The number of alkyl halides is 2. The Labute approximate surface area is 101 Å². The van der Waals surface area contributed by atoms with E-state index in [-0.39, 0.29) is 11.3 Å². The molecule has 0 spiro atoms. The second-order valence-electron chi connectivity index (χ2n) is 3.91. The quantitative estimate of drug-likeness (QED) is 0.733. The van der Waals surface area contributed by atoms with Crippen LogP contribution in [0.4, 0.5) is 8.78 Å². The predicted molar refractivity (Wildman–Crippen MR) is 62.7 cm³/mol. The Morgan fingerprint density at radius 1 is 1.12 bits per heavy atom. The van der Waals surface area contributed by atoms with E-state index >= 15 is 0 Å². The number of sulfone groups is 1. The van der Waals surface area contributed by atoms with E-state index in [4.69, 9.17) is 0 Å². The van der Waals surface area contributed by atoms with Crippen molar-refractivity contribution in [3.8, 4) is 0 Å². The maximum atomic E-state index is 13.6. The first-order valence-corrected chi connectivity index (χ1v) is 7.07. The standard InChI is InChI=1S/C12H16F2O2S/c1-2-3-7-10-12(13,14)17(15,16)11-8-5-4-6-9-11/h4-6,8-9H,2-3,7,10H2,1H3. The Morgan fingerprint density at radius 2 is 1.71 bits per heavy atom. The summed E-state index contributed by atoms with van der Waals surface area (Å²) in [4.78, 5) is -0.318. The van der Waals surface area contributed by atoms with Crippen molar-refractivity contribution in [3.63, 3.8) is 0 Å². The van der Waals surface area contributed by atoms with E-state index in [2.05, 4.69) is 0 Å². The highest BCUT2D eigenvalue weighted by Crippen LogP contribution is 2.33. The summed E-state index contributed by atoms with van der Waals surface area (Å²) in [6.45, 7) is 1.88. The minimum Gasteiger partial charge on any atom is -0.217 e. The van der Waals surface area contributed by atoms with Crippen LogP contribution in [0.5, 0.6) is 0 Å². The van der Waals surface area contributed by atoms with Gasteiger partial charge in [-0.25, -0.2) is 8.42 Å². The lowest BCUT2D eigenvalue weighted by Gasteiger charge is -2.16. The van der Waals surface area contributed by atoms with Gasteiger partial charge in [-0.3, -0.25) is 0 Å². The molecule has 96 valence electrons. The van der Waals surface area contributed by atoms with Crippen LogP contribution in [-0.2, 0) is 9.84 Å². The first kappa shape index (κ1) is 14.1. The van der Waals surface area contributed by atoms with Gasteiger partial charge >= 0.3 is 5.25 Å². The van der Waals surface area contributed by atoms with Gasteiger partial charge in [-0.15, -0.1) is 0 Å². The van der Waals surface area contributed by atoms with Crippen LogP contribution < -0.4 is 0 Å². The fraction of sp³-hybridized carbons (Fsp3) is 0.500. The van der Waals surface area contributed by atoms with Crippen molar-refractivity contribution in [2.75, 3.05) is 0 Å². The predicted octanol–water partition coefficient (Wildman–Crippen LogP) is 3.63. The molecule has 0 atom stereocenters. The van der Waals surface area contributed by atoms with Gasteiger partial charge in [0, 0.05) is 6.42 Å². The van der Waals surface area contributed by atoms with Crippen LogP contribution in [0.25, 0.3) is 0 Å². The van der Waals surface area contributed by atoms with Crippen LogP contribution in [-0.4, -0.2) is 13.7 Å². The minimum absolute atomic E-state index is 0.218. The third-order valence-corrected chi connectivity index (χ3v) is 4.40. The van der Waals surface area contributed by atoms with Crippen LogP contribution in [0.3, 0.4) is 0 Å². The second kappa shape index (κ2) is 5.58. The second-order valence-corrected chi connectivity index (χ2v) is 5.99. The van der Waals surface area contributed by atoms with Gasteiger partial charge in [0.2, 0.25) is 9.84 Å². The molecule has 0 saturated heterocycles. The van der Waals surface area contributed by atoms with E-state index in [1.54, 1.807) is 6.07 Å². The highest BCUT2D eigenvalue weighted by molar-refractivity contribution is 7.92. The normalized spacial score (nSPS) is 12.6. The highest BCUT2D eigenvalue weighted by atomic mass is 32.2. The molecule has 0 aliphatic rings. The van der Waals surface area contributed by atoms with E-state index in [0.717, 1.165) is 6.42 Å². The molecule has 0 amide bonds. The molecule has 0 aliphatic heterocycles. The molecule has 0 bridgehead atoms. The third kappa shape index (κ3) is 3.25. The number of hydrogen-bond donors (Lipinski definition) is 0. The van der Waals surface area contributed by atoms with E-state index in [9.17, 15) is 17.2 Å². The van der Waals surface area contributed by atoms with Crippen molar-refractivity contribution >= 4 is 9.84 Å². The summed E-state index contributed by atoms with van der Waals surface area (Å²) in [5.74, 6) is 0. The molecule has 0 N–H and O–H groups in total. The Hall–Kier alpha value is -0.970. The van der Waals surface area contributed by atoms with E-state index in [1.165, 1.54) is 24.3 Å². The SMILES string of the molecule is CCCCCC(F)(F)S(=O)(=O)c1ccccc1. The largest absolute Gasteiger partial charge is 0.350 e. The van der Waals surface area contributed by atoms with E-state index in [1.807, 2.05) is 6.92 Å². The summed E-state index contributed by atoms with van der Waals surface area (Å²) in [6, 6.07) is 6.87. The molecular formula is C12H16F2O2S. The summed E-state index contributed by atoms with van der Waals surface area (Å²) >= 11 is 0. The molecule has 0 radical (unpaired) electrons. The summed E-state index contributed by atoms with van der Waals surface area (Å²) in [6.07, 6.45) is 0.995. The zero-order valence-electron chi connectivity index (χ0n) is 9.70. The topological polar surface area (TPSA) is 34.1 Å². The molecule has 2 nitrogen and oxygen atoms in total. The Balaban J connectivity index is 2.90. The highest BCUT2D eigenvalue weighted by Gasteiger charge is 2.44. The molecule has 0 unspecified atom stereocenters. The average molecular weight is 262 g/mol. The zero-order chi connectivity index (χ0) is 12.9. The molecule has 1 aromatic rings. The molecule has 0 saturated carbocycles. The average Bonchev–Trinajstić information content (AvgIpc) is 2.30. The molecule has 17 heavy (non-hydrogen) atoms. The van der Waals surface area contributed by atoms with Crippen LogP contribution in [0.1, 0.15) is 32.6 Å². The van der Waals surface area contributed by atoms with Gasteiger partial charge in [0.1, 0.15) is 0 Å². The van der Waals surface area contributed by atoms with Gasteiger partial charge in [0.05, 0.1) is 4.90 Å². The van der Waals surface area contributed by atoms with Crippen molar-refractivity contribution in [1.29, 1.82) is 0 Å². The number of benzene rings is 1. The van der Waals surface area contributed by atoms with E-state index in [0.29, 0.717) is 6.42 Å². The smallest absolute Gasteiger partial charge is 0.217 e. The monoisotopic (exact) mass is 262 g/mol. The van der Waals surface area contributed by atoms with E-state index < -0.39 is 21.5 Å². The van der Waals surface area contributed by atoms with Crippen LogP contribution in [0, 0.1) is 0 Å². The summed E-state index contributed by atoms with van der Waals surface area (Å²) < 4.78 is 50.6. The van der Waals surface area contributed by atoms with Crippen molar-refractivity contribution in [3.05, 3.63) is 30.3 Å². The molecule has 0 heterocycles. The van der Waals surface area contributed by atoms with Gasteiger partial charge in [0.15, 0.2) is 0 Å². The number of halogens is 2. The van der Waals surface area contributed by atoms with Crippen molar-refractivity contribution in [1.82, 2.24) is 0 Å². The summed E-state index contributed by atoms with van der Waals surface area (Å²) in [7, 11) is -4.55. The molecule has 0 aromatic heterocycles. The number of rotatable bonds is 6. The van der Waals surface area contributed by atoms with Gasteiger partial charge in [-0.05, 0) is 18.6 Å². The zero-order valence-corrected chi connectivity index (χ0v) is 10.5. The Kier molecular flexibility index (Phi) is 4.62. The maximum Gasteiger partial charge on any atom is 0.350 e. The van der Waals surface area contributed by atoms with Crippen molar-refractivity contribution in [2.45, 2.75) is 42.8 Å². The minimum atomic E-state index is -4.55. The van der Waals surface area contributed by atoms with Crippen LogP contribution in [0.15, 0.2) is 35.2 Å². The molecular weight excluding hydrogens is 246 g/mol. The lowest BCUT2D eigenvalue weighted by molar-refractivity contribution is 0.0790. The molecule has 1 aromatic carbocycles. The van der Waals surface area contributed by atoms with Gasteiger partial charge < -0.3 is 0 Å². The molecule has 1 rings (SSSR count). The summed E-state index contributed by atoms with van der Waals surface area (Å²) in [5.41, 5.74) is 0.